The molecule has 1 saturated heterocycles. The van der Waals surface area contributed by atoms with Gasteiger partial charge in [0.1, 0.15) is 10.3 Å². The first kappa shape index (κ1) is 18.2. The Bertz CT molecular complexity index is 750. The summed E-state index contributed by atoms with van der Waals surface area (Å²) < 4.78 is 33.5. The Balaban J connectivity index is 1.96. The fraction of sp³-hybridized carbons (Fsp3) is 0.611. The molecule has 7 heteroatoms. The van der Waals surface area contributed by atoms with Crippen molar-refractivity contribution in [2.75, 3.05) is 6.61 Å². The molecule has 1 aliphatic carbocycles. The fourth-order valence-corrected chi connectivity index (χ4v) is 5.47. The largest absolute Gasteiger partial charge is 0.457 e. The van der Waals surface area contributed by atoms with Gasteiger partial charge in [0.15, 0.2) is 0 Å². The highest BCUT2D eigenvalue weighted by atomic mass is 32.2. The van der Waals surface area contributed by atoms with Crippen molar-refractivity contribution in [1.29, 1.82) is 0 Å². The minimum Gasteiger partial charge on any atom is -0.457 e. The summed E-state index contributed by atoms with van der Waals surface area (Å²) in [5.41, 5.74) is 0.114. The molecular formula is C18H26N2O4S. The molecule has 3 rings (SSSR count). The van der Waals surface area contributed by atoms with Crippen LogP contribution in [0.25, 0.3) is 0 Å². The summed E-state index contributed by atoms with van der Waals surface area (Å²) in [5.74, 6) is 0. The summed E-state index contributed by atoms with van der Waals surface area (Å²) in [4.78, 5) is 4.50. The Labute approximate surface area is 149 Å². The molecule has 138 valence electrons. The first-order valence-corrected chi connectivity index (χ1v) is 10.2. The molecule has 0 aromatic heterocycles. The highest BCUT2D eigenvalue weighted by Crippen LogP contribution is 2.47. The maximum Gasteiger partial charge on any atom is 0.299 e. The van der Waals surface area contributed by atoms with E-state index in [4.69, 9.17) is 4.74 Å². The highest BCUT2D eigenvalue weighted by molar-refractivity contribution is 7.91. The second-order valence-electron chi connectivity index (χ2n) is 7.25. The molecular weight excluding hydrogens is 340 g/mol. The Morgan fingerprint density at radius 1 is 1.24 bits per heavy atom. The lowest BCUT2D eigenvalue weighted by Gasteiger charge is -2.51. The van der Waals surface area contributed by atoms with Gasteiger partial charge in [0.2, 0.25) is 10.0 Å². The molecule has 1 heterocycles. The van der Waals surface area contributed by atoms with Crippen molar-refractivity contribution >= 4 is 16.0 Å². The van der Waals surface area contributed by atoms with Gasteiger partial charge in [-0.15, -0.1) is 0 Å². The number of aliphatic hydroxyl groups is 1. The van der Waals surface area contributed by atoms with E-state index in [1.165, 1.54) is 0 Å². The van der Waals surface area contributed by atoms with Gasteiger partial charge in [-0.3, -0.25) is 0 Å². The lowest BCUT2D eigenvalue weighted by molar-refractivity contribution is -0.00771. The maximum atomic E-state index is 12.9. The molecule has 1 aromatic rings. The molecule has 25 heavy (non-hydrogen) atoms. The summed E-state index contributed by atoms with van der Waals surface area (Å²) in [6.07, 6.45) is 3.46. The summed E-state index contributed by atoms with van der Waals surface area (Å²) in [7, 11) is -3.60. The second-order valence-corrected chi connectivity index (χ2v) is 9.36. The van der Waals surface area contributed by atoms with E-state index in [9.17, 15) is 13.5 Å². The summed E-state index contributed by atoms with van der Waals surface area (Å²) >= 11 is 0. The molecule has 1 saturated carbocycles. The van der Waals surface area contributed by atoms with Gasteiger partial charge < -0.3 is 9.84 Å². The second kappa shape index (κ2) is 6.61. The monoisotopic (exact) mass is 366 g/mol. The van der Waals surface area contributed by atoms with Gasteiger partial charge in [-0.25, -0.2) is 18.1 Å². The SMILES string of the molecule is CC12CCCCC1(C)S(=O)(=O)NC(=NC(CCO)c1ccccc1)O2. The number of hydrogen-bond donors (Lipinski definition) is 2. The number of rotatable bonds is 4. The van der Waals surface area contributed by atoms with E-state index in [0.29, 0.717) is 19.3 Å². The van der Waals surface area contributed by atoms with E-state index in [1.54, 1.807) is 6.92 Å². The van der Waals surface area contributed by atoms with Crippen LogP contribution in [-0.4, -0.2) is 36.5 Å². The van der Waals surface area contributed by atoms with Gasteiger partial charge >= 0.3 is 0 Å². The predicted molar refractivity (Wildman–Crippen MR) is 96.7 cm³/mol. The Morgan fingerprint density at radius 3 is 2.60 bits per heavy atom. The highest BCUT2D eigenvalue weighted by Gasteiger charge is 2.60. The third-order valence-electron chi connectivity index (χ3n) is 5.67. The number of aliphatic imine (C=N–C) groups is 1. The number of hydrogen-bond acceptors (Lipinski definition) is 5. The summed E-state index contributed by atoms with van der Waals surface area (Å²) in [6, 6.07) is 9.18. The van der Waals surface area contributed by atoms with Crippen molar-refractivity contribution in [3.05, 3.63) is 35.9 Å². The molecule has 0 spiro atoms. The van der Waals surface area contributed by atoms with Crippen LogP contribution in [0.4, 0.5) is 0 Å². The van der Waals surface area contributed by atoms with Crippen LogP contribution < -0.4 is 4.72 Å². The average molecular weight is 366 g/mol. The standard InChI is InChI=1S/C18H26N2O4S/c1-17-11-6-7-12-18(17,2)25(22,23)20-16(24-17)19-15(10-13-21)14-8-4-3-5-9-14/h3-5,8-9,15,21H,6-7,10-13H2,1-2H3,(H,19,20). The van der Waals surface area contributed by atoms with Gasteiger partial charge in [0.05, 0.1) is 6.04 Å². The Morgan fingerprint density at radius 2 is 1.92 bits per heavy atom. The van der Waals surface area contributed by atoms with Crippen molar-refractivity contribution < 1.29 is 18.3 Å². The zero-order valence-electron chi connectivity index (χ0n) is 14.7. The van der Waals surface area contributed by atoms with Crippen molar-refractivity contribution in [3.8, 4) is 0 Å². The quantitative estimate of drug-likeness (QED) is 0.857. The molecule has 3 atom stereocenters. The third-order valence-corrected chi connectivity index (χ3v) is 7.94. The normalized spacial score (nSPS) is 33.8. The van der Waals surface area contributed by atoms with E-state index in [2.05, 4.69) is 9.71 Å². The number of amidine groups is 1. The van der Waals surface area contributed by atoms with Crippen molar-refractivity contribution in [2.24, 2.45) is 4.99 Å². The van der Waals surface area contributed by atoms with Crippen LogP contribution in [0, 0.1) is 0 Å². The Kier molecular flexibility index (Phi) is 4.81. The zero-order chi connectivity index (χ0) is 18.1. The van der Waals surface area contributed by atoms with Gasteiger partial charge in [-0.2, -0.15) is 0 Å². The smallest absolute Gasteiger partial charge is 0.299 e. The molecule has 6 nitrogen and oxygen atoms in total. The van der Waals surface area contributed by atoms with Crippen LogP contribution in [0.3, 0.4) is 0 Å². The van der Waals surface area contributed by atoms with E-state index in [-0.39, 0.29) is 18.7 Å². The molecule has 1 aromatic carbocycles. The van der Waals surface area contributed by atoms with E-state index >= 15 is 0 Å². The molecule has 3 unspecified atom stereocenters. The lowest BCUT2D eigenvalue weighted by Crippen LogP contribution is -2.68. The van der Waals surface area contributed by atoms with Crippen molar-refractivity contribution in [3.63, 3.8) is 0 Å². The predicted octanol–water partition coefficient (Wildman–Crippen LogP) is 2.51. The number of nitrogens with zero attached hydrogens (tertiary/aromatic N) is 1. The van der Waals surface area contributed by atoms with E-state index < -0.39 is 20.4 Å². The first-order valence-electron chi connectivity index (χ1n) is 8.76. The van der Waals surface area contributed by atoms with Crippen LogP contribution in [0.2, 0.25) is 0 Å². The number of fused-ring (bicyclic) bond motifs is 1. The average Bonchev–Trinajstić information content (AvgIpc) is 2.56. The number of benzene rings is 1. The number of ether oxygens (including phenoxy) is 1. The maximum absolute atomic E-state index is 12.9. The van der Waals surface area contributed by atoms with Crippen LogP contribution in [0.1, 0.15) is 57.6 Å². The van der Waals surface area contributed by atoms with Gasteiger partial charge in [0, 0.05) is 6.61 Å². The fourth-order valence-electron chi connectivity index (χ4n) is 3.79. The lowest BCUT2D eigenvalue weighted by atomic mass is 9.76. The van der Waals surface area contributed by atoms with E-state index in [1.807, 2.05) is 37.3 Å². The van der Waals surface area contributed by atoms with Crippen LogP contribution in [0.5, 0.6) is 0 Å². The van der Waals surface area contributed by atoms with Crippen LogP contribution in [-0.2, 0) is 14.8 Å². The van der Waals surface area contributed by atoms with Crippen molar-refractivity contribution in [1.82, 2.24) is 4.72 Å². The molecule has 0 amide bonds. The third kappa shape index (κ3) is 3.15. The number of aliphatic hydroxyl groups excluding tert-OH is 1. The van der Waals surface area contributed by atoms with E-state index in [0.717, 1.165) is 18.4 Å². The van der Waals surface area contributed by atoms with Gasteiger partial charge in [-0.1, -0.05) is 36.8 Å². The number of nitrogens with one attached hydrogen (secondary N) is 1. The molecule has 2 N–H and O–H groups in total. The molecule has 2 aliphatic rings. The summed E-state index contributed by atoms with van der Waals surface area (Å²) in [6.45, 7) is 3.58. The summed E-state index contributed by atoms with van der Waals surface area (Å²) in [5, 5.41) is 9.36. The minimum absolute atomic E-state index is 0.0316. The minimum atomic E-state index is -3.60. The van der Waals surface area contributed by atoms with Gasteiger partial charge in [-0.05, 0) is 45.1 Å². The van der Waals surface area contributed by atoms with Gasteiger partial charge in [0.25, 0.3) is 6.02 Å². The Hall–Kier alpha value is -1.60. The molecule has 1 aliphatic heterocycles. The van der Waals surface area contributed by atoms with Crippen molar-refractivity contribution in [2.45, 2.75) is 62.3 Å². The first-order chi connectivity index (χ1) is 11.8. The zero-order valence-corrected chi connectivity index (χ0v) is 15.6. The number of sulfonamides is 1. The molecule has 0 bridgehead atoms. The van der Waals surface area contributed by atoms with Crippen LogP contribution in [0.15, 0.2) is 35.3 Å². The molecule has 2 fully saturated rings. The topological polar surface area (TPSA) is 88.0 Å². The molecule has 0 radical (unpaired) electrons. The van der Waals surface area contributed by atoms with Crippen LogP contribution >= 0.6 is 0 Å².